The Bertz CT molecular complexity index is 825. The quantitative estimate of drug-likeness (QED) is 0.810. The van der Waals surface area contributed by atoms with Crippen LogP contribution in [-0.4, -0.2) is 23.8 Å². The molecule has 25 heavy (non-hydrogen) atoms. The normalized spacial score (nSPS) is 17.1. The van der Waals surface area contributed by atoms with Crippen molar-refractivity contribution in [2.24, 2.45) is 0 Å². The molecule has 5 nitrogen and oxygen atoms in total. The zero-order valence-corrected chi connectivity index (χ0v) is 14.5. The first kappa shape index (κ1) is 16.9. The van der Waals surface area contributed by atoms with Gasteiger partial charge in [0.1, 0.15) is 6.04 Å². The summed E-state index contributed by atoms with van der Waals surface area (Å²) in [7, 11) is 0. The fourth-order valence-corrected chi connectivity index (χ4v) is 3.07. The lowest BCUT2D eigenvalue weighted by molar-refractivity contribution is -0.123. The van der Waals surface area contributed by atoms with E-state index in [0.717, 1.165) is 11.1 Å². The zero-order valence-electron chi connectivity index (χ0n) is 14.5. The zero-order chi connectivity index (χ0) is 18.1. The van der Waals surface area contributed by atoms with Gasteiger partial charge >= 0.3 is 0 Å². The van der Waals surface area contributed by atoms with Crippen LogP contribution in [0.3, 0.4) is 0 Å². The van der Waals surface area contributed by atoms with Crippen LogP contribution in [0.5, 0.6) is 0 Å². The van der Waals surface area contributed by atoms with Crippen molar-refractivity contribution in [2.75, 3.05) is 9.80 Å². The molecule has 128 valence electrons. The molecule has 3 amide bonds. The molecule has 1 atom stereocenters. The van der Waals surface area contributed by atoms with Gasteiger partial charge in [-0.1, -0.05) is 35.4 Å². The Kier molecular flexibility index (Phi) is 4.40. The van der Waals surface area contributed by atoms with Gasteiger partial charge in [-0.15, -0.1) is 0 Å². The number of anilines is 2. The maximum Gasteiger partial charge on any atom is 0.257 e. The summed E-state index contributed by atoms with van der Waals surface area (Å²) in [6, 6.07) is 13.7. The highest BCUT2D eigenvalue weighted by Crippen LogP contribution is 2.29. The predicted octanol–water partition coefficient (Wildman–Crippen LogP) is 2.99. The van der Waals surface area contributed by atoms with E-state index in [4.69, 9.17) is 0 Å². The molecule has 1 saturated heterocycles. The maximum absolute atomic E-state index is 12.9. The Labute approximate surface area is 146 Å². The number of benzene rings is 2. The van der Waals surface area contributed by atoms with Crippen LogP contribution < -0.4 is 9.80 Å². The molecule has 5 heteroatoms. The number of rotatable bonds is 3. The molecule has 0 aliphatic carbocycles. The summed E-state index contributed by atoms with van der Waals surface area (Å²) >= 11 is 0. The fourth-order valence-electron chi connectivity index (χ4n) is 3.07. The van der Waals surface area contributed by atoms with E-state index >= 15 is 0 Å². The average Bonchev–Trinajstić information content (AvgIpc) is 2.85. The molecule has 0 saturated carbocycles. The number of carbonyl (C=O) groups is 3. The highest BCUT2D eigenvalue weighted by atomic mass is 16.2. The van der Waals surface area contributed by atoms with E-state index in [1.807, 2.05) is 38.1 Å². The summed E-state index contributed by atoms with van der Waals surface area (Å²) in [5, 5.41) is 0. The summed E-state index contributed by atoms with van der Waals surface area (Å²) in [6.07, 6.45) is -0.0137. The van der Waals surface area contributed by atoms with Crippen LogP contribution in [-0.2, 0) is 14.4 Å². The first-order chi connectivity index (χ1) is 11.9. The van der Waals surface area contributed by atoms with E-state index in [1.165, 1.54) is 16.7 Å². The molecule has 1 aliphatic rings. The number of carbonyl (C=O) groups excluding carboxylic acids is 3. The van der Waals surface area contributed by atoms with Gasteiger partial charge in [0, 0.05) is 12.6 Å². The highest BCUT2D eigenvalue weighted by Gasteiger charge is 2.44. The van der Waals surface area contributed by atoms with Crippen LogP contribution in [0.15, 0.2) is 48.5 Å². The third-order valence-corrected chi connectivity index (χ3v) is 4.38. The highest BCUT2D eigenvalue weighted by molar-refractivity contribution is 6.24. The second kappa shape index (κ2) is 6.51. The van der Waals surface area contributed by atoms with E-state index in [1.54, 1.807) is 24.3 Å². The molecule has 0 aromatic heterocycles. The average molecular weight is 336 g/mol. The predicted molar refractivity (Wildman–Crippen MR) is 96.4 cm³/mol. The third kappa shape index (κ3) is 3.18. The molecule has 1 heterocycles. The molecule has 1 aliphatic heterocycles. The standard InChI is InChI=1S/C20H20N2O3/c1-13-4-8-16(9-5-13)21(15(3)23)18-12-19(24)22(20(18)25)17-10-6-14(2)7-11-17/h4-11,18H,12H2,1-3H3/t18-/m0/s1. The van der Waals surface area contributed by atoms with Gasteiger partial charge in [0.25, 0.3) is 5.91 Å². The molecule has 2 aromatic carbocycles. The number of nitrogens with zero attached hydrogens (tertiary/aromatic N) is 2. The molecule has 2 aromatic rings. The minimum atomic E-state index is -0.811. The molecule has 0 N–H and O–H groups in total. The molecule has 0 unspecified atom stereocenters. The molecule has 0 radical (unpaired) electrons. The van der Waals surface area contributed by atoms with Crippen LogP contribution in [0, 0.1) is 13.8 Å². The van der Waals surface area contributed by atoms with Crippen molar-refractivity contribution in [3.8, 4) is 0 Å². The van der Waals surface area contributed by atoms with Crippen molar-refractivity contribution in [2.45, 2.75) is 33.2 Å². The van der Waals surface area contributed by atoms with Gasteiger partial charge in [-0.2, -0.15) is 0 Å². The van der Waals surface area contributed by atoms with E-state index in [2.05, 4.69) is 0 Å². The second-order valence-corrected chi connectivity index (χ2v) is 6.35. The Morgan fingerprint density at radius 1 is 0.960 bits per heavy atom. The molecule has 1 fully saturated rings. The summed E-state index contributed by atoms with van der Waals surface area (Å²) in [6.45, 7) is 5.30. The maximum atomic E-state index is 12.9. The molecular formula is C20H20N2O3. The number of hydrogen-bond acceptors (Lipinski definition) is 3. The topological polar surface area (TPSA) is 57.7 Å². The molecule has 0 bridgehead atoms. The number of aryl methyl sites for hydroxylation is 2. The third-order valence-electron chi connectivity index (χ3n) is 4.38. The Hall–Kier alpha value is -2.95. The molecular weight excluding hydrogens is 316 g/mol. The monoisotopic (exact) mass is 336 g/mol. The van der Waals surface area contributed by atoms with Crippen molar-refractivity contribution >= 4 is 29.1 Å². The van der Waals surface area contributed by atoms with Crippen molar-refractivity contribution < 1.29 is 14.4 Å². The summed E-state index contributed by atoms with van der Waals surface area (Å²) in [4.78, 5) is 40.1. The van der Waals surface area contributed by atoms with Crippen molar-refractivity contribution in [3.63, 3.8) is 0 Å². The SMILES string of the molecule is CC(=O)N(c1ccc(C)cc1)[C@H]1CC(=O)N(c2ccc(C)cc2)C1=O. The van der Waals surface area contributed by atoms with Crippen LogP contribution in [0.4, 0.5) is 11.4 Å². The van der Waals surface area contributed by atoms with Crippen molar-refractivity contribution in [1.29, 1.82) is 0 Å². The largest absolute Gasteiger partial charge is 0.300 e. The lowest BCUT2D eigenvalue weighted by Gasteiger charge is -2.26. The number of hydrogen-bond donors (Lipinski definition) is 0. The minimum Gasteiger partial charge on any atom is -0.300 e. The molecule has 3 rings (SSSR count). The molecule has 0 spiro atoms. The van der Waals surface area contributed by atoms with Gasteiger partial charge in [0.05, 0.1) is 12.1 Å². The van der Waals surface area contributed by atoms with Crippen molar-refractivity contribution in [3.05, 3.63) is 59.7 Å². The first-order valence-electron chi connectivity index (χ1n) is 8.18. The van der Waals surface area contributed by atoms with Gasteiger partial charge < -0.3 is 0 Å². The summed E-state index contributed by atoms with van der Waals surface area (Å²) in [5.41, 5.74) is 3.26. The Balaban J connectivity index is 1.95. The lowest BCUT2D eigenvalue weighted by atomic mass is 10.1. The minimum absolute atomic E-state index is 0.0137. The second-order valence-electron chi connectivity index (χ2n) is 6.35. The van der Waals surface area contributed by atoms with E-state index in [9.17, 15) is 14.4 Å². The van der Waals surface area contributed by atoms with E-state index < -0.39 is 6.04 Å². The lowest BCUT2D eigenvalue weighted by Crippen LogP contribution is -2.44. The Morgan fingerprint density at radius 3 is 2.00 bits per heavy atom. The van der Waals surface area contributed by atoms with Crippen LogP contribution in [0.1, 0.15) is 24.5 Å². The smallest absolute Gasteiger partial charge is 0.257 e. The van der Waals surface area contributed by atoms with E-state index in [0.29, 0.717) is 11.4 Å². The fraction of sp³-hybridized carbons (Fsp3) is 0.250. The van der Waals surface area contributed by atoms with Gasteiger partial charge in [-0.3, -0.25) is 19.3 Å². The van der Waals surface area contributed by atoms with E-state index in [-0.39, 0.29) is 24.1 Å². The first-order valence-corrected chi connectivity index (χ1v) is 8.18. The van der Waals surface area contributed by atoms with Gasteiger partial charge in [-0.05, 0) is 38.1 Å². The number of imide groups is 1. The van der Waals surface area contributed by atoms with Crippen molar-refractivity contribution in [1.82, 2.24) is 0 Å². The summed E-state index contributed by atoms with van der Waals surface area (Å²) < 4.78 is 0. The van der Waals surface area contributed by atoms with Crippen LogP contribution >= 0.6 is 0 Å². The summed E-state index contributed by atoms with van der Waals surface area (Å²) in [5.74, 6) is -0.928. The van der Waals surface area contributed by atoms with Crippen LogP contribution in [0.25, 0.3) is 0 Å². The van der Waals surface area contributed by atoms with Crippen LogP contribution in [0.2, 0.25) is 0 Å². The van der Waals surface area contributed by atoms with Gasteiger partial charge in [0.2, 0.25) is 11.8 Å². The number of amides is 3. The van der Waals surface area contributed by atoms with Gasteiger partial charge in [-0.25, -0.2) is 4.90 Å². The van der Waals surface area contributed by atoms with Gasteiger partial charge in [0.15, 0.2) is 0 Å². The Morgan fingerprint density at radius 2 is 1.48 bits per heavy atom.